The Morgan fingerprint density at radius 3 is 2.68 bits per heavy atom. The molecular weight excluding hydrogens is 412 g/mol. The van der Waals surface area contributed by atoms with E-state index in [1.807, 2.05) is 35.7 Å². The van der Waals surface area contributed by atoms with E-state index in [9.17, 15) is 9.59 Å². The summed E-state index contributed by atoms with van der Waals surface area (Å²) < 4.78 is 5.44. The second-order valence-electron chi connectivity index (χ2n) is 6.77. The van der Waals surface area contributed by atoms with Crippen LogP contribution in [0.5, 0.6) is 5.75 Å². The van der Waals surface area contributed by atoms with Crippen molar-refractivity contribution in [3.8, 4) is 23.1 Å². The number of thiazole rings is 1. The highest BCUT2D eigenvalue weighted by Gasteiger charge is 2.10. The van der Waals surface area contributed by atoms with E-state index in [1.54, 1.807) is 24.3 Å². The number of nitriles is 1. The Kier molecular flexibility index (Phi) is 7.73. The van der Waals surface area contributed by atoms with Gasteiger partial charge < -0.3 is 10.1 Å². The summed E-state index contributed by atoms with van der Waals surface area (Å²) in [7, 11) is 0. The lowest BCUT2D eigenvalue weighted by molar-refractivity contribution is -0.119. The van der Waals surface area contributed by atoms with Crippen molar-refractivity contribution in [2.45, 2.75) is 19.8 Å². The number of anilines is 1. The first kappa shape index (κ1) is 22.0. The number of nitrogens with one attached hydrogen (secondary N) is 2. The van der Waals surface area contributed by atoms with Gasteiger partial charge in [-0.3, -0.25) is 14.9 Å². The summed E-state index contributed by atoms with van der Waals surface area (Å²) in [6, 6.07) is 16.9. The molecule has 0 radical (unpaired) electrons. The van der Waals surface area contributed by atoms with Gasteiger partial charge in [0.2, 0.25) is 5.91 Å². The molecule has 3 rings (SSSR count). The molecule has 8 heteroatoms. The van der Waals surface area contributed by atoms with Gasteiger partial charge in [-0.1, -0.05) is 36.4 Å². The minimum atomic E-state index is -0.344. The van der Waals surface area contributed by atoms with E-state index < -0.39 is 0 Å². The van der Waals surface area contributed by atoms with Crippen LogP contribution in [0.25, 0.3) is 11.3 Å². The van der Waals surface area contributed by atoms with Gasteiger partial charge >= 0.3 is 0 Å². The Morgan fingerprint density at radius 1 is 1.16 bits per heavy atom. The first-order valence-corrected chi connectivity index (χ1v) is 10.6. The van der Waals surface area contributed by atoms with Crippen LogP contribution in [0.2, 0.25) is 0 Å². The minimum Gasteiger partial charge on any atom is -0.482 e. The molecule has 7 nitrogen and oxygen atoms in total. The fourth-order valence-electron chi connectivity index (χ4n) is 2.85. The van der Waals surface area contributed by atoms with Gasteiger partial charge in [0.1, 0.15) is 11.8 Å². The molecule has 158 valence electrons. The normalized spacial score (nSPS) is 10.2. The number of para-hydroxylation sites is 1. The molecule has 0 aliphatic rings. The van der Waals surface area contributed by atoms with Crippen molar-refractivity contribution in [2.75, 3.05) is 18.5 Å². The molecule has 1 heterocycles. The highest BCUT2D eigenvalue weighted by atomic mass is 32.1. The fraction of sp³-hybridized carbons (Fsp3) is 0.217. The van der Waals surface area contributed by atoms with Gasteiger partial charge in [-0.05, 0) is 30.5 Å². The maximum absolute atomic E-state index is 12.2. The Balaban J connectivity index is 1.51. The topological polar surface area (TPSA) is 104 Å². The number of ether oxygens (including phenoxy) is 1. The second-order valence-corrected chi connectivity index (χ2v) is 7.62. The van der Waals surface area contributed by atoms with Crippen molar-refractivity contribution >= 4 is 28.3 Å². The van der Waals surface area contributed by atoms with Gasteiger partial charge in [0.25, 0.3) is 5.91 Å². The molecular formula is C23H22N4O3S. The maximum Gasteiger partial charge on any atom is 0.264 e. The van der Waals surface area contributed by atoms with Crippen molar-refractivity contribution < 1.29 is 14.3 Å². The zero-order valence-electron chi connectivity index (χ0n) is 17.1. The third kappa shape index (κ3) is 6.66. The molecule has 0 atom stereocenters. The number of rotatable bonds is 9. The van der Waals surface area contributed by atoms with Gasteiger partial charge in [0, 0.05) is 24.4 Å². The van der Waals surface area contributed by atoms with Crippen molar-refractivity contribution in [2.24, 2.45) is 0 Å². The molecule has 0 aliphatic heterocycles. The number of amides is 2. The predicted octanol–water partition coefficient (Wildman–Crippen LogP) is 3.77. The standard InChI is InChI=1S/C23H22N4O3S/c1-16(28)25-12-4-5-17-8-10-18(11-9-17)20-15-31-23(26-20)27-22(29)14-30-21-7-3-2-6-19(21)13-24/h2-3,6-11,15H,4-5,12,14H2,1H3,(H,25,28)(H,26,27,29). The fourth-order valence-corrected chi connectivity index (χ4v) is 3.58. The molecule has 1 aromatic heterocycles. The van der Waals surface area contributed by atoms with E-state index in [-0.39, 0.29) is 18.4 Å². The van der Waals surface area contributed by atoms with Gasteiger partial charge in [-0.25, -0.2) is 4.98 Å². The van der Waals surface area contributed by atoms with Gasteiger partial charge in [0.05, 0.1) is 11.3 Å². The molecule has 0 unspecified atom stereocenters. The number of carbonyl (C=O) groups excluding carboxylic acids is 2. The second kappa shape index (κ2) is 10.9. The van der Waals surface area contributed by atoms with Crippen LogP contribution in [-0.4, -0.2) is 29.9 Å². The lowest BCUT2D eigenvalue weighted by atomic mass is 10.1. The van der Waals surface area contributed by atoms with Crippen LogP contribution in [0.4, 0.5) is 5.13 Å². The zero-order chi connectivity index (χ0) is 22.1. The summed E-state index contributed by atoms with van der Waals surface area (Å²) in [6.07, 6.45) is 1.76. The summed E-state index contributed by atoms with van der Waals surface area (Å²) in [5.74, 6) is 0.0145. The van der Waals surface area contributed by atoms with Crippen molar-refractivity contribution in [3.05, 3.63) is 65.0 Å². The quantitative estimate of drug-likeness (QED) is 0.499. The molecule has 31 heavy (non-hydrogen) atoms. The third-order valence-corrected chi connectivity index (χ3v) is 5.14. The molecule has 0 spiro atoms. The Morgan fingerprint density at radius 2 is 1.94 bits per heavy atom. The Bertz CT molecular complexity index is 1090. The molecule has 0 aliphatic carbocycles. The lowest BCUT2D eigenvalue weighted by Gasteiger charge is -2.07. The van der Waals surface area contributed by atoms with Crippen molar-refractivity contribution in [1.29, 1.82) is 5.26 Å². The molecule has 0 saturated carbocycles. The highest BCUT2D eigenvalue weighted by molar-refractivity contribution is 7.14. The molecule has 0 bridgehead atoms. The van der Waals surface area contributed by atoms with Gasteiger partial charge in [-0.2, -0.15) is 5.26 Å². The van der Waals surface area contributed by atoms with Crippen LogP contribution in [-0.2, 0) is 16.0 Å². The van der Waals surface area contributed by atoms with Crippen LogP contribution in [0.3, 0.4) is 0 Å². The Labute approximate surface area is 184 Å². The molecule has 3 aromatic rings. The Hall–Kier alpha value is -3.70. The molecule has 2 aromatic carbocycles. The van der Waals surface area contributed by atoms with Crippen molar-refractivity contribution in [1.82, 2.24) is 10.3 Å². The first-order chi connectivity index (χ1) is 15.0. The highest BCUT2D eigenvalue weighted by Crippen LogP contribution is 2.25. The SMILES string of the molecule is CC(=O)NCCCc1ccc(-c2csc(NC(=O)COc3ccccc3C#N)n2)cc1. The van der Waals surface area contributed by atoms with Gasteiger partial charge in [-0.15, -0.1) is 11.3 Å². The van der Waals surface area contributed by atoms with E-state index in [2.05, 4.69) is 15.6 Å². The zero-order valence-corrected chi connectivity index (χ0v) is 17.9. The van der Waals surface area contributed by atoms with Crippen LogP contribution in [0.1, 0.15) is 24.5 Å². The first-order valence-electron chi connectivity index (χ1n) is 9.76. The molecule has 2 N–H and O–H groups in total. The largest absolute Gasteiger partial charge is 0.482 e. The molecule has 0 fully saturated rings. The molecule has 0 saturated heterocycles. The number of aromatic nitrogens is 1. The summed E-state index contributed by atoms with van der Waals surface area (Å²) >= 11 is 1.33. The number of carbonyl (C=O) groups is 2. The summed E-state index contributed by atoms with van der Waals surface area (Å²) in [4.78, 5) is 27.5. The third-order valence-electron chi connectivity index (χ3n) is 4.38. The summed E-state index contributed by atoms with van der Waals surface area (Å²) in [5, 5.41) is 16.9. The predicted molar refractivity (Wildman–Crippen MR) is 120 cm³/mol. The number of nitrogens with zero attached hydrogens (tertiary/aromatic N) is 2. The van der Waals surface area contributed by atoms with E-state index in [0.29, 0.717) is 23.0 Å². The summed E-state index contributed by atoms with van der Waals surface area (Å²) in [6.45, 7) is 1.97. The monoisotopic (exact) mass is 434 g/mol. The van der Waals surface area contributed by atoms with E-state index in [4.69, 9.17) is 10.00 Å². The number of hydrogen-bond donors (Lipinski definition) is 2. The number of benzene rings is 2. The van der Waals surface area contributed by atoms with Crippen LogP contribution < -0.4 is 15.4 Å². The van der Waals surface area contributed by atoms with E-state index in [0.717, 1.165) is 24.1 Å². The lowest BCUT2D eigenvalue weighted by Crippen LogP contribution is -2.21. The van der Waals surface area contributed by atoms with E-state index >= 15 is 0 Å². The van der Waals surface area contributed by atoms with Crippen LogP contribution in [0, 0.1) is 11.3 Å². The molecule has 2 amide bonds. The maximum atomic E-state index is 12.2. The van der Waals surface area contributed by atoms with Crippen LogP contribution in [0.15, 0.2) is 53.9 Å². The number of hydrogen-bond acceptors (Lipinski definition) is 6. The average Bonchev–Trinajstić information content (AvgIpc) is 3.24. The van der Waals surface area contributed by atoms with Crippen molar-refractivity contribution in [3.63, 3.8) is 0 Å². The smallest absolute Gasteiger partial charge is 0.264 e. The minimum absolute atomic E-state index is 0.0136. The summed E-state index contributed by atoms with van der Waals surface area (Å²) in [5.41, 5.74) is 3.31. The average molecular weight is 435 g/mol. The van der Waals surface area contributed by atoms with Gasteiger partial charge in [0.15, 0.2) is 11.7 Å². The van der Waals surface area contributed by atoms with Crippen LogP contribution >= 0.6 is 11.3 Å². The van der Waals surface area contributed by atoms with E-state index in [1.165, 1.54) is 23.8 Å². The number of aryl methyl sites for hydroxylation is 1.